The fourth-order valence-corrected chi connectivity index (χ4v) is 2.58. The molecule has 0 spiro atoms. The quantitative estimate of drug-likeness (QED) is 0.754. The largest absolute Gasteiger partial charge is 0.383 e. The zero-order chi connectivity index (χ0) is 16.6. The van der Waals surface area contributed by atoms with Gasteiger partial charge in [-0.05, 0) is 18.2 Å². The number of aromatic nitrogens is 2. The Balaban J connectivity index is 1.72. The van der Waals surface area contributed by atoms with E-state index in [1.807, 2.05) is 24.3 Å². The maximum Gasteiger partial charge on any atom is 0.229 e. The van der Waals surface area contributed by atoms with E-state index in [0.717, 1.165) is 43.5 Å². The predicted octanol–water partition coefficient (Wildman–Crippen LogP) is 2.12. The van der Waals surface area contributed by atoms with Crippen molar-refractivity contribution in [2.24, 2.45) is 0 Å². The highest BCUT2D eigenvalue weighted by atomic mass is 16.5. The lowest BCUT2D eigenvalue weighted by atomic mass is 10.2. The van der Waals surface area contributed by atoms with Gasteiger partial charge in [0.2, 0.25) is 5.95 Å². The second-order valence-electron chi connectivity index (χ2n) is 5.43. The molecule has 128 valence electrons. The highest BCUT2D eigenvalue weighted by Gasteiger charge is 2.15. The van der Waals surface area contributed by atoms with E-state index in [2.05, 4.69) is 31.6 Å². The highest BCUT2D eigenvalue weighted by Crippen LogP contribution is 2.28. The number of nitrogens with one attached hydrogen (secondary N) is 2. The van der Waals surface area contributed by atoms with E-state index in [-0.39, 0.29) is 0 Å². The summed E-state index contributed by atoms with van der Waals surface area (Å²) in [5, 5.41) is 6.53. The topological polar surface area (TPSA) is 71.5 Å². The Morgan fingerprint density at radius 2 is 2.04 bits per heavy atom. The third-order valence-electron chi connectivity index (χ3n) is 3.77. The van der Waals surface area contributed by atoms with Crippen molar-refractivity contribution >= 4 is 23.1 Å². The SMILES string of the molecule is COCCNc1ccnc(Nc2ccccc2N2CCOCC2)n1. The molecule has 0 radical (unpaired) electrons. The number of methoxy groups -OCH3 is 1. The van der Waals surface area contributed by atoms with Gasteiger partial charge in [0.25, 0.3) is 0 Å². The van der Waals surface area contributed by atoms with E-state index in [1.54, 1.807) is 13.3 Å². The first-order valence-corrected chi connectivity index (χ1v) is 8.11. The Bertz CT molecular complexity index is 646. The first-order valence-electron chi connectivity index (χ1n) is 8.11. The molecule has 0 saturated carbocycles. The molecule has 1 aliphatic rings. The van der Waals surface area contributed by atoms with Gasteiger partial charge in [-0.3, -0.25) is 0 Å². The van der Waals surface area contributed by atoms with Gasteiger partial charge < -0.3 is 25.0 Å². The molecule has 1 fully saturated rings. The molecule has 2 heterocycles. The number of ether oxygens (including phenoxy) is 2. The van der Waals surface area contributed by atoms with E-state index < -0.39 is 0 Å². The Morgan fingerprint density at radius 3 is 2.88 bits per heavy atom. The molecule has 2 aromatic rings. The lowest BCUT2D eigenvalue weighted by molar-refractivity contribution is 0.123. The van der Waals surface area contributed by atoms with E-state index in [4.69, 9.17) is 9.47 Å². The molecular formula is C17H23N5O2. The van der Waals surface area contributed by atoms with Gasteiger partial charge in [-0.15, -0.1) is 0 Å². The van der Waals surface area contributed by atoms with Gasteiger partial charge in [0, 0.05) is 32.9 Å². The average Bonchev–Trinajstić information content (AvgIpc) is 2.64. The van der Waals surface area contributed by atoms with Crippen molar-refractivity contribution in [1.29, 1.82) is 0 Å². The molecule has 3 rings (SSSR count). The smallest absolute Gasteiger partial charge is 0.229 e. The van der Waals surface area contributed by atoms with E-state index >= 15 is 0 Å². The number of rotatable bonds is 7. The first-order chi connectivity index (χ1) is 11.9. The average molecular weight is 329 g/mol. The van der Waals surface area contributed by atoms with Crippen LogP contribution in [0.4, 0.5) is 23.1 Å². The summed E-state index contributed by atoms with van der Waals surface area (Å²) in [7, 11) is 1.68. The maximum atomic E-state index is 5.44. The molecule has 0 amide bonds. The third kappa shape index (κ3) is 4.33. The van der Waals surface area contributed by atoms with Gasteiger partial charge in [0.1, 0.15) is 5.82 Å². The second kappa shape index (κ2) is 8.47. The molecule has 0 aliphatic carbocycles. The van der Waals surface area contributed by atoms with Crippen molar-refractivity contribution in [1.82, 2.24) is 9.97 Å². The summed E-state index contributed by atoms with van der Waals surface area (Å²) in [6.45, 7) is 4.62. The number of nitrogens with zero attached hydrogens (tertiary/aromatic N) is 3. The molecule has 24 heavy (non-hydrogen) atoms. The second-order valence-corrected chi connectivity index (χ2v) is 5.43. The third-order valence-corrected chi connectivity index (χ3v) is 3.77. The zero-order valence-electron chi connectivity index (χ0n) is 13.9. The monoisotopic (exact) mass is 329 g/mol. The molecule has 0 unspecified atom stereocenters. The minimum absolute atomic E-state index is 0.568. The molecule has 1 saturated heterocycles. The van der Waals surface area contributed by atoms with Gasteiger partial charge in [-0.1, -0.05) is 12.1 Å². The normalized spacial score (nSPS) is 14.5. The standard InChI is InChI=1S/C17H23N5O2/c1-23-11-8-18-16-6-7-19-17(21-16)20-14-4-2-3-5-15(14)22-9-12-24-13-10-22/h2-7H,8-13H2,1H3,(H2,18,19,20,21). The molecule has 7 heteroatoms. The minimum atomic E-state index is 0.568. The number of para-hydroxylation sites is 2. The van der Waals surface area contributed by atoms with Gasteiger partial charge in [-0.2, -0.15) is 4.98 Å². The predicted molar refractivity (Wildman–Crippen MR) is 95.2 cm³/mol. The molecule has 1 aliphatic heterocycles. The molecule has 0 atom stereocenters. The fraction of sp³-hybridized carbons (Fsp3) is 0.412. The van der Waals surface area contributed by atoms with Crippen molar-refractivity contribution in [2.75, 3.05) is 62.1 Å². The fourth-order valence-electron chi connectivity index (χ4n) is 2.58. The van der Waals surface area contributed by atoms with E-state index in [0.29, 0.717) is 19.1 Å². The summed E-state index contributed by atoms with van der Waals surface area (Å²) >= 11 is 0. The number of hydrogen-bond donors (Lipinski definition) is 2. The summed E-state index contributed by atoms with van der Waals surface area (Å²) in [6.07, 6.45) is 1.74. The summed E-state index contributed by atoms with van der Waals surface area (Å²) in [5.74, 6) is 1.34. The minimum Gasteiger partial charge on any atom is -0.383 e. The van der Waals surface area contributed by atoms with Crippen LogP contribution in [-0.2, 0) is 9.47 Å². The molecule has 2 N–H and O–H groups in total. The summed E-state index contributed by atoms with van der Waals surface area (Å²) in [5.41, 5.74) is 2.13. The van der Waals surface area contributed by atoms with Gasteiger partial charge in [0.05, 0.1) is 31.2 Å². The molecule has 1 aromatic heterocycles. The molecule has 1 aromatic carbocycles. The summed E-state index contributed by atoms with van der Waals surface area (Å²) in [6, 6.07) is 10.0. The lowest BCUT2D eigenvalue weighted by Gasteiger charge is -2.30. The zero-order valence-corrected chi connectivity index (χ0v) is 13.9. The Kier molecular flexibility index (Phi) is 5.81. The van der Waals surface area contributed by atoms with Crippen LogP contribution in [0.25, 0.3) is 0 Å². The maximum absolute atomic E-state index is 5.44. The van der Waals surface area contributed by atoms with Crippen LogP contribution in [0.2, 0.25) is 0 Å². The Labute approximate surface area is 142 Å². The number of anilines is 4. The molecule has 0 bridgehead atoms. The van der Waals surface area contributed by atoms with Crippen LogP contribution in [0.5, 0.6) is 0 Å². The Morgan fingerprint density at radius 1 is 1.21 bits per heavy atom. The van der Waals surface area contributed by atoms with Crippen molar-refractivity contribution in [3.63, 3.8) is 0 Å². The van der Waals surface area contributed by atoms with Crippen LogP contribution in [0.15, 0.2) is 36.5 Å². The van der Waals surface area contributed by atoms with Crippen LogP contribution in [0.1, 0.15) is 0 Å². The van der Waals surface area contributed by atoms with E-state index in [1.165, 1.54) is 0 Å². The van der Waals surface area contributed by atoms with Gasteiger partial charge in [0.15, 0.2) is 0 Å². The van der Waals surface area contributed by atoms with Crippen LogP contribution in [0.3, 0.4) is 0 Å². The van der Waals surface area contributed by atoms with Crippen LogP contribution in [0, 0.1) is 0 Å². The van der Waals surface area contributed by atoms with Gasteiger partial charge in [-0.25, -0.2) is 4.98 Å². The molecular weight excluding hydrogens is 306 g/mol. The number of hydrogen-bond acceptors (Lipinski definition) is 7. The lowest BCUT2D eigenvalue weighted by Crippen LogP contribution is -2.36. The van der Waals surface area contributed by atoms with Crippen LogP contribution >= 0.6 is 0 Å². The summed E-state index contributed by atoms with van der Waals surface area (Å²) < 4.78 is 10.5. The van der Waals surface area contributed by atoms with Crippen LogP contribution < -0.4 is 15.5 Å². The van der Waals surface area contributed by atoms with Crippen molar-refractivity contribution < 1.29 is 9.47 Å². The number of morpholine rings is 1. The Hall–Kier alpha value is -2.38. The van der Waals surface area contributed by atoms with Crippen molar-refractivity contribution in [3.8, 4) is 0 Å². The van der Waals surface area contributed by atoms with Crippen LogP contribution in [-0.4, -0.2) is 56.5 Å². The molecule has 7 nitrogen and oxygen atoms in total. The van der Waals surface area contributed by atoms with E-state index in [9.17, 15) is 0 Å². The van der Waals surface area contributed by atoms with Gasteiger partial charge >= 0.3 is 0 Å². The highest BCUT2D eigenvalue weighted by molar-refractivity contribution is 5.73. The van der Waals surface area contributed by atoms with Crippen molar-refractivity contribution in [2.45, 2.75) is 0 Å². The summed E-state index contributed by atoms with van der Waals surface area (Å²) in [4.78, 5) is 11.1. The van der Waals surface area contributed by atoms with Crippen molar-refractivity contribution in [3.05, 3.63) is 36.5 Å². The first kappa shape index (κ1) is 16.5. The number of benzene rings is 1.